The second kappa shape index (κ2) is 11.1. The van der Waals surface area contributed by atoms with Gasteiger partial charge in [0.2, 0.25) is 6.79 Å². The van der Waals surface area contributed by atoms with E-state index >= 15 is 0 Å². The van der Waals surface area contributed by atoms with Crippen LogP contribution in [0.3, 0.4) is 0 Å². The van der Waals surface area contributed by atoms with Crippen LogP contribution in [0.1, 0.15) is 15.9 Å². The van der Waals surface area contributed by atoms with E-state index in [1.165, 1.54) is 6.21 Å². The monoisotopic (exact) mass is 494 g/mol. The van der Waals surface area contributed by atoms with Gasteiger partial charge in [0, 0.05) is 0 Å². The van der Waals surface area contributed by atoms with E-state index in [-0.39, 0.29) is 13.4 Å². The van der Waals surface area contributed by atoms with Crippen LogP contribution in [-0.2, 0) is 4.79 Å². The molecule has 0 unspecified atom stereocenters. The fourth-order valence-electron chi connectivity index (χ4n) is 3.55. The van der Waals surface area contributed by atoms with Crippen LogP contribution >= 0.6 is 0 Å². The normalized spacial score (nSPS) is 11.8. The van der Waals surface area contributed by atoms with Crippen molar-refractivity contribution in [2.75, 3.05) is 13.4 Å². The van der Waals surface area contributed by atoms with E-state index in [9.17, 15) is 9.59 Å². The highest BCUT2D eigenvalue weighted by Crippen LogP contribution is 2.32. The molecule has 0 spiro atoms. The summed E-state index contributed by atoms with van der Waals surface area (Å²) in [5.74, 6) is 1.16. The number of benzene rings is 4. The van der Waals surface area contributed by atoms with E-state index in [0.717, 1.165) is 11.1 Å². The number of carbonyl (C=O) groups is 2. The highest BCUT2D eigenvalue weighted by atomic mass is 16.7. The molecule has 1 aliphatic heterocycles. The van der Waals surface area contributed by atoms with Gasteiger partial charge in [0.1, 0.15) is 11.5 Å². The van der Waals surface area contributed by atoms with Crippen LogP contribution in [0.25, 0.3) is 11.1 Å². The molecule has 0 aliphatic carbocycles. The fraction of sp³-hybridized carbons (Fsp3) is 0.0690. The molecule has 0 aromatic heterocycles. The predicted octanol–water partition coefficient (Wildman–Crippen LogP) is 4.83. The summed E-state index contributed by atoms with van der Waals surface area (Å²) in [5, 5.41) is 3.94. The molecule has 0 saturated heterocycles. The van der Waals surface area contributed by atoms with Crippen molar-refractivity contribution >= 4 is 18.1 Å². The SMILES string of the molecule is O=C(COc1ccc(-c2ccccc2)cc1)NN=Cc1ccc(OC(=O)c2ccc3c(c2)OCO3)cc1. The summed E-state index contributed by atoms with van der Waals surface area (Å²) in [5.41, 5.74) is 5.66. The molecule has 8 nitrogen and oxygen atoms in total. The zero-order valence-corrected chi connectivity index (χ0v) is 19.6. The average Bonchev–Trinajstić information content (AvgIpc) is 3.42. The molecule has 1 heterocycles. The molecule has 1 amide bonds. The number of hydrogen-bond donors (Lipinski definition) is 1. The number of hydrazone groups is 1. The number of esters is 1. The van der Waals surface area contributed by atoms with E-state index in [2.05, 4.69) is 10.5 Å². The highest BCUT2D eigenvalue weighted by Gasteiger charge is 2.17. The van der Waals surface area contributed by atoms with Crippen LogP contribution in [0.2, 0.25) is 0 Å². The van der Waals surface area contributed by atoms with Crippen LogP contribution in [0.15, 0.2) is 102 Å². The minimum Gasteiger partial charge on any atom is -0.484 e. The Balaban J connectivity index is 1.07. The third kappa shape index (κ3) is 6.12. The summed E-state index contributed by atoms with van der Waals surface area (Å²) < 4.78 is 21.5. The number of hydrogen-bond acceptors (Lipinski definition) is 7. The van der Waals surface area contributed by atoms with Gasteiger partial charge in [-0.2, -0.15) is 5.10 Å². The Labute approximate surface area is 213 Å². The van der Waals surface area contributed by atoms with Gasteiger partial charge in [-0.15, -0.1) is 0 Å². The van der Waals surface area contributed by atoms with Crippen molar-refractivity contribution < 1.29 is 28.5 Å². The Bertz CT molecular complexity index is 1420. The summed E-state index contributed by atoms with van der Waals surface area (Å²) in [4.78, 5) is 24.4. The first-order chi connectivity index (χ1) is 18.1. The van der Waals surface area contributed by atoms with Crippen molar-refractivity contribution in [3.8, 4) is 34.1 Å². The van der Waals surface area contributed by atoms with Gasteiger partial charge < -0.3 is 18.9 Å². The zero-order chi connectivity index (χ0) is 25.5. The van der Waals surface area contributed by atoms with Crippen molar-refractivity contribution in [1.82, 2.24) is 5.43 Å². The van der Waals surface area contributed by atoms with Crippen LogP contribution in [-0.4, -0.2) is 31.5 Å². The maximum atomic E-state index is 12.4. The second-order valence-electron chi connectivity index (χ2n) is 8.00. The van der Waals surface area contributed by atoms with E-state index in [1.807, 2.05) is 54.6 Å². The standard InChI is InChI=1S/C29H22N2O6/c32-28(18-34-24-13-8-22(9-14-24)21-4-2-1-3-5-21)31-30-17-20-6-11-25(12-7-20)37-29(33)23-10-15-26-27(16-23)36-19-35-26/h1-17H,18-19H2,(H,31,32). The van der Waals surface area contributed by atoms with Gasteiger partial charge in [-0.3, -0.25) is 4.79 Å². The largest absolute Gasteiger partial charge is 0.484 e. The van der Waals surface area contributed by atoms with Crippen molar-refractivity contribution in [1.29, 1.82) is 0 Å². The topological polar surface area (TPSA) is 95.5 Å². The summed E-state index contributed by atoms with van der Waals surface area (Å²) in [7, 11) is 0. The average molecular weight is 495 g/mol. The minimum absolute atomic E-state index is 0.132. The molecular formula is C29H22N2O6. The molecule has 37 heavy (non-hydrogen) atoms. The maximum Gasteiger partial charge on any atom is 0.343 e. The fourth-order valence-corrected chi connectivity index (χ4v) is 3.55. The van der Waals surface area contributed by atoms with Crippen molar-refractivity contribution in [3.63, 3.8) is 0 Å². The second-order valence-corrected chi connectivity index (χ2v) is 8.00. The zero-order valence-electron chi connectivity index (χ0n) is 19.6. The third-order valence-corrected chi connectivity index (χ3v) is 5.43. The van der Waals surface area contributed by atoms with Gasteiger partial charge in [-0.25, -0.2) is 10.2 Å². The molecule has 0 radical (unpaired) electrons. The number of carbonyl (C=O) groups excluding carboxylic acids is 2. The van der Waals surface area contributed by atoms with Gasteiger partial charge in [0.05, 0.1) is 11.8 Å². The lowest BCUT2D eigenvalue weighted by Gasteiger charge is -2.07. The van der Waals surface area contributed by atoms with Crippen LogP contribution < -0.4 is 24.4 Å². The van der Waals surface area contributed by atoms with E-state index < -0.39 is 11.9 Å². The lowest BCUT2D eigenvalue weighted by molar-refractivity contribution is -0.123. The third-order valence-electron chi connectivity index (χ3n) is 5.43. The van der Waals surface area contributed by atoms with Crippen LogP contribution in [0.4, 0.5) is 0 Å². The number of nitrogens with zero attached hydrogens (tertiary/aromatic N) is 1. The molecule has 0 saturated carbocycles. The van der Waals surface area contributed by atoms with Crippen molar-refractivity contribution in [2.45, 2.75) is 0 Å². The lowest BCUT2D eigenvalue weighted by atomic mass is 10.1. The summed E-state index contributed by atoms with van der Waals surface area (Å²) >= 11 is 0. The number of amides is 1. The van der Waals surface area contributed by atoms with Crippen LogP contribution in [0, 0.1) is 0 Å². The van der Waals surface area contributed by atoms with E-state index in [1.54, 1.807) is 42.5 Å². The number of rotatable bonds is 8. The Kier molecular flexibility index (Phi) is 7.08. The molecule has 0 bridgehead atoms. The summed E-state index contributed by atoms with van der Waals surface area (Å²) in [6.07, 6.45) is 1.48. The minimum atomic E-state index is -0.512. The van der Waals surface area contributed by atoms with Gasteiger partial charge in [-0.05, 0) is 71.3 Å². The Morgan fingerprint density at radius 1 is 0.811 bits per heavy atom. The van der Waals surface area contributed by atoms with Crippen molar-refractivity contribution in [2.24, 2.45) is 5.10 Å². The number of ether oxygens (including phenoxy) is 4. The summed E-state index contributed by atoms with van der Waals surface area (Å²) in [6, 6.07) is 29.1. The lowest BCUT2D eigenvalue weighted by Crippen LogP contribution is -2.24. The Morgan fingerprint density at radius 3 is 2.30 bits per heavy atom. The molecule has 184 valence electrons. The molecule has 4 aromatic carbocycles. The molecule has 1 aliphatic rings. The molecule has 0 atom stereocenters. The molecule has 1 N–H and O–H groups in total. The van der Waals surface area contributed by atoms with Gasteiger partial charge in [-0.1, -0.05) is 42.5 Å². The summed E-state index contributed by atoms with van der Waals surface area (Å²) in [6.45, 7) is -0.0376. The maximum absolute atomic E-state index is 12.4. The number of fused-ring (bicyclic) bond motifs is 1. The highest BCUT2D eigenvalue weighted by molar-refractivity contribution is 5.92. The van der Waals surface area contributed by atoms with E-state index in [0.29, 0.717) is 34.1 Å². The van der Waals surface area contributed by atoms with Gasteiger partial charge in [0.25, 0.3) is 5.91 Å². The van der Waals surface area contributed by atoms with Gasteiger partial charge in [0.15, 0.2) is 18.1 Å². The molecule has 0 fully saturated rings. The van der Waals surface area contributed by atoms with Crippen LogP contribution in [0.5, 0.6) is 23.0 Å². The first kappa shape index (κ1) is 23.6. The molecule has 4 aromatic rings. The Morgan fingerprint density at radius 2 is 1.51 bits per heavy atom. The van der Waals surface area contributed by atoms with E-state index in [4.69, 9.17) is 18.9 Å². The quantitative estimate of drug-likeness (QED) is 0.163. The molecule has 5 rings (SSSR count). The smallest absolute Gasteiger partial charge is 0.343 e. The molecule has 8 heteroatoms. The molecular weight excluding hydrogens is 472 g/mol. The predicted molar refractivity (Wildman–Crippen MR) is 137 cm³/mol. The Hall–Kier alpha value is -5.11. The number of nitrogens with one attached hydrogen (secondary N) is 1. The first-order valence-corrected chi connectivity index (χ1v) is 11.5. The first-order valence-electron chi connectivity index (χ1n) is 11.5. The van der Waals surface area contributed by atoms with Crippen molar-refractivity contribution in [3.05, 3.63) is 108 Å². The van der Waals surface area contributed by atoms with Gasteiger partial charge >= 0.3 is 5.97 Å².